The van der Waals surface area contributed by atoms with E-state index in [1.54, 1.807) is 34.9 Å². The normalized spacial score (nSPS) is 11.2. The van der Waals surface area contributed by atoms with Gasteiger partial charge in [0, 0.05) is 13.5 Å². The van der Waals surface area contributed by atoms with Crippen molar-refractivity contribution in [2.24, 2.45) is 7.05 Å². The summed E-state index contributed by atoms with van der Waals surface area (Å²) in [5.74, 6) is 1.09. The highest BCUT2D eigenvalue weighted by Crippen LogP contribution is 2.33. The molecule has 0 bridgehead atoms. The number of para-hydroxylation sites is 1. The van der Waals surface area contributed by atoms with E-state index in [0.717, 1.165) is 0 Å². The second-order valence-electron chi connectivity index (χ2n) is 6.05. The third-order valence-electron chi connectivity index (χ3n) is 4.29. The van der Waals surface area contributed by atoms with E-state index in [9.17, 15) is 4.79 Å². The van der Waals surface area contributed by atoms with E-state index in [1.165, 1.54) is 0 Å². The van der Waals surface area contributed by atoms with Crippen LogP contribution in [0.15, 0.2) is 47.8 Å². The second-order valence-corrected chi connectivity index (χ2v) is 6.86. The molecular weight excluding hydrogens is 385 g/mol. The SMILES string of the molecule is C=CCc1nc2ccc3nc(Nc4c(Cl)cccc4Cl)n(C)c3c2c(=O)[nH]1. The number of H-pyrrole nitrogens is 1. The lowest BCUT2D eigenvalue weighted by atomic mass is 10.2. The highest BCUT2D eigenvalue weighted by molar-refractivity contribution is 6.39. The van der Waals surface area contributed by atoms with Crippen LogP contribution in [-0.4, -0.2) is 19.5 Å². The molecule has 6 nitrogen and oxygen atoms in total. The number of benzene rings is 2. The smallest absolute Gasteiger partial charge is 0.260 e. The molecule has 0 radical (unpaired) electrons. The third kappa shape index (κ3) is 2.97. The fraction of sp³-hybridized carbons (Fsp3) is 0.105. The Morgan fingerprint density at radius 3 is 2.59 bits per heavy atom. The number of nitrogens with one attached hydrogen (secondary N) is 2. The van der Waals surface area contributed by atoms with Gasteiger partial charge in [-0.15, -0.1) is 6.58 Å². The summed E-state index contributed by atoms with van der Waals surface area (Å²) in [6.07, 6.45) is 2.19. The van der Waals surface area contributed by atoms with Crippen molar-refractivity contribution in [3.63, 3.8) is 0 Å². The molecule has 0 saturated carbocycles. The molecular formula is C19H15Cl2N5O. The summed E-state index contributed by atoms with van der Waals surface area (Å²) in [7, 11) is 1.82. The van der Waals surface area contributed by atoms with Crippen molar-refractivity contribution in [1.82, 2.24) is 19.5 Å². The maximum atomic E-state index is 12.7. The molecule has 27 heavy (non-hydrogen) atoms. The summed E-state index contributed by atoms with van der Waals surface area (Å²) in [5, 5.41) is 4.60. The van der Waals surface area contributed by atoms with Crippen molar-refractivity contribution in [1.29, 1.82) is 0 Å². The number of imidazole rings is 1. The highest BCUT2D eigenvalue weighted by atomic mass is 35.5. The predicted molar refractivity (Wildman–Crippen MR) is 110 cm³/mol. The molecule has 4 rings (SSSR count). The van der Waals surface area contributed by atoms with E-state index >= 15 is 0 Å². The topological polar surface area (TPSA) is 75.6 Å². The average Bonchev–Trinajstić information content (AvgIpc) is 2.94. The predicted octanol–water partition coefficient (Wildman–Crippen LogP) is 4.59. The number of nitrogens with zero attached hydrogens (tertiary/aromatic N) is 3. The first-order valence-corrected chi connectivity index (χ1v) is 8.95. The molecule has 0 spiro atoms. The van der Waals surface area contributed by atoms with E-state index in [1.807, 2.05) is 13.1 Å². The van der Waals surface area contributed by atoms with Gasteiger partial charge in [-0.3, -0.25) is 4.79 Å². The first-order chi connectivity index (χ1) is 13.0. The minimum Gasteiger partial charge on any atom is -0.323 e. The molecule has 0 amide bonds. The van der Waals surface area contributed by atoms with Gasteiger partial charge in [-0.1, -0.05) is 35.3 Å². The molecule has 2 heterocycles. The largest absolute Gasteiger partial charge is 0.323 e. The van der Waals surface area contributed by atoms with E-state index in [0.29, 0.717) is 55.9 Å². The van der Waals surface area contributed by atoms with Gasteiger partial charge < -0.3 is 14.9 Å². The summed E-state index contributed by atoms with van der Waals surface area (Å²) < 4.78 is 1.79. The lowest BCUT2D eigenvalue weighted by Crippen LogP contribution is -2.12. The Kier molecular flexibility index (Phi) is 4.37. The first kappa shape index (κ1) is 17.6. The molecule has 0 atom stereocenters. The van der Waals surface area contributed by atoms with Crippen LogP contribution >= 0.6 is 23.2 Å². The summed E-state index contributed by atoms with van der Waals surface area (Å²) in [4.78, 5) is 24.6. The molecule has 2 aromatic carbocycles. The lowest BCUT2D eigenvalue weighted by molar-refractivity contribution is 0.956. The Hall–Kier alpha value is -2.83. The highest BCUT2D eigenvalue weighted by Gasteiger charge is 2.16. The van der Waals surface area contributed by atoms with Crippen LogP contribution in [0.3, 0.4) is 0 Å². The number of hydrogen-bond donors (Lipinski definition) is 2. The van der Waals surface area contributed by atoms with Crippen LogP contribution in [0.25, 0.3) is 21.9 Å². The Labute approximate surface area is 164 Å². The number of aromatic nitrogens is 4. The Morgan fingerprint density at radius 1 is 1.19 bits per heavy atom. The maximum Gasteiger partial charge on any atom is 0.260 e. The molecule has 0 unspecified atom stereocenters. The van der Waals surface area contributed by atoms with Crippen molar-refractivity contribution in [2.45, 2.75) is 6.42 Å². The van der Waals surface area contributed by atoms with Crippen molar-refractivity contribution >= 4 is 56.8 Å². The molecule has 0 aliphatic carbocycles. The van der Waals surface area contributed by atoms with E-state index in [-0.39, 0.29) is 5.56 Å². The van der Waals surface area contributed by atoms with Crippen LogP contribution in [0.4, 0.5) is 11.6 Å². The molecule has 4 aromatic rings. The van der Waals surface area contributed by atoms with Crippen molar-refractivity contribution in [2.75, 3.05) is 5.32 Å². The quantitative estimate of drug-likeness (QED) is 0.492. The molecule has 0 aliphatic heterocycles. The molecule has 2 aromatic heterocycles. The summed E-state index contributed by atoms with van der Waals surface area (Å²) >= 11 is 12.5. The Morgan fingerprint density at radius 2 is 1.89 bits per heavy atom. The molecule has 136 valence electrons. The number of allylic oxidation sites excluding steroid dienone is 1. The van der Waals surface area contributed by atoms with Crippen molar-refractivity contribution in [3.05, 3.63) is 69.2 Å². The number of aryl methyl sites for hydroxylation is 1. The van der Waals surface area contributed by atoms with Crippen LogP contribution in [-0.2, 0) is 13.5 Å². The Balaban J connectivity index is 1.93. The van der Waals surface area contributed by atoms with Crippen LogP contribution in [0.1, 0.15) is 5.82 Å². The zero-order valence-electron chi connectivity index (χ0n) is 14.4. The molecule has 0 fully saturated rings. The fourth-order valence-corrected chi connectivity index (χ4v) is 3.54. The van der Waals surface area contributed by atoms with Crippen LogP contribution in [0.5, 0.6) is 0 Å². The standard InChI is InChI=1S/C19H15Cl2N5O/c1-3-5-14-22-12-8-9-13-17(15(12)18(27)24-14)26(2)19(23-13)25-16-10(20)6-4-7-11(16)21/h3-4,6-9H,1,5H2,2H3,(H,23,25)(H,22,24,27). The Bertz CT molecular complexity index is 1240. The van der Waals surface area contributed by atoms with Crippen LogP contribution in [0.2, 0.25) is 10.0 Å². The van der Waals surface area contributed by atoms with Gasteiger partial charge in [0.15, 0.2) is 0 Å². The monoisotopic (exact) mass is 399 g/mol. The number of halogens is 2. The zero-order chi connectivity index (χ0) is 19.1. The minimum absolute atomic E-state index is 0.215. The van der Waals surface area contributed by atoms with Crippen molar-refractivity contribution in [3.8, 4) is 0 Å². The molecule has 0 saturated heterocycles. The van der Waals surface area contributed by atoms with Gasteiger partial charge >= 0.3 is 0 Å². The summed E-state index contributed by atoms with van der Waals surface area (Å²) in [6, 6.07) is 8.87. The van der Waals surface area contributed by atoms with E-state index in [2.05, 4.69) is 26.8 Å². The van der Waals surface area contributed by atoms with E-state index in [4.69, 9.17) is 23.2 Å². The summed E-state index contributed by atoms with van der Waals surface area (Å²) in [5.41, 5.74) is 2.29. The lowest BCUT2D eigenvalue weighted by Gasteiger charge is -2.10. The third-order valence-corrected chi connectivity index (χ3v) is 4.92. The van der Waals surface area contributed by atoms with Crippen LogP contribution < -0.4 is 10.9 Å². The van der Waals surface area contributed by atoms with Gasteiger partial charge in [-0.25, -0.2) is 9.97 Å². The average molecular weight is 400 g/mol. The fourth-order valence-electron chi connectivity index (χ4n) is 3.05. The number of fused-ring (bicyclic) bond motifs is 3. The van der Waals surface area contributed by atoms with Gasteiger partial charge in [-0.2, -0.15) is 0 Å². The van der Waals surface area contributed by atoms with Crippen molar-refractivity contribution < 1.29 is 0 Å². The number of hydrogen-bond acceptors (Lipinski definition) is 4. The van der Waals surface area contributed by atoms with Gasteiger partial charge in [-0.05, 0) is 24.3 Å². The summed E-state index contributed by atoms with van der Waals surface area (Å²) in [6.45, 7) is 3.68. The van der Waals surface area contributed by atoms with Gasteiger partial charge in [0.2, 0.25) is 5.95 Å². The minimum atomic E-state index is -0.215. The second kappa shape index (κ2) is 6.72. The molecule has 2 N–H and O–H groups in total. The van der Waals surface area contributed by atoms with Gasteiger partial charge in [0.05, 0.1) is 37.7 Å². The van der Waals surface area contributed by atoms with Crippen LogP contribution in [0, 0.1) is 0 Å². The molecule has 0 aliphatic rings. The number of rotatable bonds is 4. The van der Waals surface area contributed by atoms with Gasteiger partial charge in [0.1, 0.15) is 5.82 Å². The first-order valence-electron chi connectivity index (χ1n) is 8.20. The number of anilines is 2. The van der Waals surface area contributed by atoms with Gasteiger partial charge in [0.25, 0.3) is 5.56 Å². The van der Waals surface area contributed by atoms with E-state index < -0.39 is 0 Å². The number of aromatic amines is 1. The molecule has 8 heteroatoms. The zero-order valence-corrected chi connectivity index (χ0v) is 15.9. The maximum absolute atomic E-state index is 12.7.